The average Bonchev–Trinajstić information content (AvgIpc) is 2.74. The molecule has 0 spiro atoms. The molecule has 0 aromatic carbocycles. The van der Waals surface area contributed by atoms with E-state index in [0.717, 1.165) is 38.5 Å². The molecule has 0 saturated carbocycles. The molecule has 1 atom stereocenters. The number of likely N-dealkylation sites (N-methyl/N-ethyl adjacent to an activating group) is 1. The maximum Gasteiger partial charge on any atom is 0.0950 e. The van der Waals surface area contributed by atoms with Crippen LogP contribution in [0, 0.1) is 0 Å². The highest BCUT2D eigenvalue weighted by atomic mass is 16.5. The molecular formula is C13H24N4O. The van der Waals surface area contributed by atoms with E-state index in [1.165, 1.54) is 0 Å². The number of rotatable bonds is 5. The van der Waals surface area contributed by atoms with E-state index in [1.807, 2.05) is 6.33 Å². The first-order chi connectivity index (χ1) is 8.63. The molecular weight excluding hydrogens is 228 g/mol. The van der Waals surface area contributed by atoms with Crippen LogP contribution in [0.3, 0.4) is 0 Å². The molecule has 1 aliphatic heterocycles. The third-order valence-corrected chi connectivity index (χ3v) is 3.13. The molecule has 18 heavy (non-hydrogen) atoms. The third kappa shape index (κ3) is 4.08. The first kappa shape index (κ1) is 13.5. The second-order valence-corrected chi connectivity index (χ2v) is 5.35. The van der Waals surface area contributed by atoms with Crippen molar-refractivity contribution in [2.24, 2.45) is 0 Å². The van der Waals surface area contributed by atoms with Gasteiger partial charge in [0.2, 0.25) is 0 Å². The fourth-order valence-corrected chi connectivity index (χ4v) is 2.12. The van der Waals surface area contributed by atoms with E-state index in [9.17, 15) is 0 Å². The molecule has 5 heteroatoms. The molecule has 1 N–H and O–H groups in total. The molecule has 2 heterocycles. The van der Waals surface area contributed by atoms with E-state index in [1.54, 1.807) is 0 Å². The second-order valence-electron chi connectivity index (χ2n) is 5.35. The zero-order valence-electron chi connectivity index (χ0n) is 11.6. The highest BCUT2D eigenvalue weighted by Crippen LogP contribution is 2.06. The molecule has 1 fully saturated rings. The van der Waals surface area contributed by atoms with Crippen LogP contribution in [0.2, 0.25) is 0 Å². The van der Waals surface area contributed by atoms with Gasteiger partial charge in [0.15, 0.2) is 0 Å². The van der Waals surface area contributed by atoms with Crippen LogP contribution in [-0.4, -0.2) is 53.3 Å². The maximum absolute atomic E-state index is 5.75. The Balaban J connectivity index is 1.82. The lowest BCUT2D eigenvalue weighted by atomic mass is 10.3. The fraction of sp³-hybridized carbons (Fsp3) is 0.769. The van der Waals surface area contributed by atoms with E-state index >= 15 is 0 Å². The molecule has 1 aromatic heterocycles. The largest absolute Gasteiger partial charge is 0.374 e. The molecule has 1 aromatic rings. The molecule has 0 radical (unpaired) electrons. The Bertz CT molecular complexity index is 364. The van der Waals surface area contributed by atoms with E-state index < -0.39 is 0 Å². The molecule has 1 saturated heterocycles. The lowest BCUT2D eigenvalue weighted by molar-refractivity contribution is -0.0274. The van der Waals surface area contributed by atoms with E-state index in [4.69, 9.17) is 4.74 Å². The Morgan fingerprint density at radius 3 is 3.11 bits per heavy atom. The summed E-state index contributed by atoms with van der Waals surface area (Å²) in [6.45, 7) is 8.86. The van der Waals surface area contributed by atoms with Gasteiger partial charge < -0.3 is 19.5 Å². The first-order valence-electron chi connectivity index (χ1n) is 6.67. The van der Waals surface area contributed by atoms with Crippen molar-refractivity contribution in [1.82, 2.24) is 19.8 Å². The van der Waals surface area contributed by atoms with Crippen molar-refractivity contribution >= 4 is 0 Å². The first-order valence-corrected chi connectivity index (χ1v) is 6.67. The Labute approximate surface area is 109 Å². The zero-order chi connectivity index (χ0) is 13.0. The normalized spacial score (nSPS) is 21.7. The number of nitrogens with zero attached hydrogens (tertiary/aromatic N) is 3. The highest BCUT2D eigenvalue weighted by molar-refractivity contribution is 4.96. The van der Waals surface area contributed by atoms with Crippen molar-refractivity contribution in [3.8, 4) is 0 Å². The number of nitrogens with one attached hydrogen (secondary N) is 1. The summed E-state index contributed by atoms with van der Waals surface area (Å²) >= 11 is 0. The van der Waals surface area contributed by atoms with E-state index in [-0.39, 0.29) is 6.10 Å². The van der Waals surface area contributed by atoms with Gasteiger partial charge in [-0.05, 0) is 7.05 Å². The van der Waals surface area contributed by atoms with Gasteiger partial charge in [0, 0.05) is 31.9 Å². The van der Waals surface area contributed by atoms with Gasteiger partial charge in [-0.3, -0.25) is 0 Å². The number of ether oxygens (including phenoxy) is 1. The van der Waals surface area contributed by atoms with Crippen molar-refractivity contribution in [2.75, 3.05) is 26.7 Å². The van der Waals surface area contributed by atoms with Crippen LogP contribution in [0.15, 0.2) is 12.5 Å². The standard InChI is InChI=1S/C13H24N4O/c1-11(2)14-6-12-7-17(10-15-12)9-13-8-16(3)4-5-18-13/h7,10-11,13-14H,4-6,8-9H2,1-3H3. The molecule has 1 aliphatic rings. The van der Waals surface area contributed by atoms with Gasteiger partial charge in [-0.1, -0.05) is 13.8 Å². The van der Waals surface area contributed by atoms with Crippen LogP contribution >= 0.6 is 0 Å². The monoisotopic (exact) mass is 252 g/mol. The minimum absolute atomic E-state index is 0.281. The van der Waals surface area contributed by atoms with Gasteiger partial charge >= 0.3 is 0 Å². The predicted octanol–water partition coefficient (Wildman–Crippen LogP) is 0.712. The van der Waals surface area contributed by atoms with Crippen LogP contribution in [0.25, 0.3) is 0 Å². The summed E-state index contributed by atoms with van der Waals surface area (Å²) < 4.78 is 7.88. The Hall–Kier alpha value is -0.910. The van der Waals surface area contributed by atoms with Gasteiger partial charge in [-0.15, -0.1) is 0 Å². The molecule has 1 unspecified atom stereocenters. The minimum atomic E-state index is 0.281. The van der Waals surface area contributed by atoms with Gasteiger partial charge in [-0.2, -0.15) is 0 Å². The van der Waals surface area contributed by atoms with Crippen LogP contribution in [0.1, 0.15) is 19.5 Å². The molecule has 5 nitrogen and oxygen atoms in total. The van der Waals surface area contributed by atoms with E-state index in [2.05, 4.69) is 46.9 Å². The summed E-state index contributed by atoms with van der Waals surface area (Å²) in [4.78, 5) is 6.72. The maximum atomic E-state index is 5.75. The summed E-state index contributed by atoms with van der Waals surface area (Å²) in [6, 6.07) is 0.491. The summed E-state index contributed by atoms with van der Waals surface area (Å²) in [7, 11) is 2.14. The smallest absolute Gasteiger partial charge is 0.0950 e. The Kier molecular flexibility index (Phi) is 4.74. The van der Waals surface area contributed by atoms with E-state index in [0.29, 0.717) is 6.04 Å². The summed E-state index contributed by atoms with van der Waals surface area (Å²) in [5.74, 6) is 0. The molecule has 102 valence electrons. The average molecular weight is 252 g/mol. The van der Waals surface area contributed by atoms with Crippen molar-refractivity contribution in [3.63, 3.8) is 0 Å². The van der Waals surface area contributed by atoms with Crippen LogP contribution in [0.5, 0.6) is 0 Å². The van der Waals surface area contributed by atoms with Crippen molar-refractivity contribution in [3.05, 3.63) is 18.2 Å². The van der Waals surface area contributed by atoms with Gasteiger partial charge in [0.05, 0.1) is 31.3 Å². The lowest BCUT2D eigenvalue weighted by Gasteiger charge is -2.30. The quantitative estimate of drug-likeness (QED) is 0.838. The molecule has 0 amide bonds. The fourth-order valence-electron chi connectivity index (χ4n) is 2.12. The molecule has 0 bridgehead atoms. The zero-order valence-corrected chi connectivity index (χ0v) is 11.6. The number of hydrogen-bond donors (Lipinski definition) is 1. The molecule has 2 rings (SSSR count). The topological polar surface area (TPSA) is 42.3 Å². The Morgan fingerprint density at radius 1 is 1.56 bits per heavy atom. The lowest BCUT2D eigenvalue weighted by Crippen LogP contribution is -2.41. The van der Waals surface area contributed by atoms with Crippen molar-refractivity contribution < 1.29 is 4.74 Å². The number of hydrogen-bond acceptors (Lipinski definition) is 4. The van der Waals surface area contributed by atoms with Crippen molar-refractivity contribution in [2.45, 2.75) is 39.1 Å². The molecule has 0 aliphatic carbocycles. The summed E-state index contributed by atoms with van der Waals surface area (Å²) in [5.41, 5.74) is 1.09. The van der Waals surface area contributed by atoms with Gasteiger partial charge in [-0.25, -0.2) is 4.98 Å². The number of aromatic nitrogens is 2. The second kappa shape index (κ2) is 6.31. The highest BCUT2D eigenvalue weighted by Gasteiger charge is 2.18. The summed E-state index contributed by atoms with van der Waals surface area (Å²) in [6.07, 6.45) is 4.28. The van der Waals surface area contributed by atoms with Crippen LogP contribution in [-0.2, 0) is 17.8 Å². The SMILES string of the molecule is CC(C)NCc1cn(CC2CN(C)CCO2)cn1. The predicted molar refractivity (Wildman–Crippen MR) is 71.4 cm³/mol. The Morgan fingerprint density at radius 2 is 2.39 bits per heavy atom. The van der Waals surface area contributed by atoms with Crippen LogP contribution < -0.4 is 5.32 Å². The van der Waals surface area contributed by atoms with Gasteiger partial charge in [0.25, 0.3) is 0 Å². The van der Waals surface area contributed by atoms with Crippen molar-refractivity contribution in [1.29, 1.82) is 0 Å². The number of morpholine rings is 1. The third-order valence-electron chi connectivity index (χ3n) is 3.13. The number of imidazole rings is 1. The summed E-state index contributed by atoms with van der Waals surface area (Å²) in [5, 5.41) is 3.37. The van der Waals surface area contributed by atoms with Crippen LogP contribution in [0.4, 0.5) is 0 Å². The van der Waals surface area contributed by atoms with Gasteiger partial charge in [0.1, 0.15) is 0 Å². The minimum Gasteiger partial charge on any atom is -0.374 e.